The van der Waals surface area contributed by atoms with Crippen LogP contribution in [0.1, 0.15) is 46.5 Å². The van der Waals surface area contributed by atoms with E-state index >= 15 is 0 Å². The van der Waals surface area contributed by atoms with Crippen LogP contribution in [0.15, 0.2) is 5.16 Å². The van der Waals surface area contributed by atoms with Crippen molar-refractivity contribution in [3.05, 3.63) is 0 Å². The van der Waals surface area contributed by atoms with Gasteiger partial charge in [-0.1, -0.05) is 32.5 Å². The molecule has 0 radical (unpaired) electrons. The summed E-state index contributed by atoms with van der Waals surface area (Å²) in [7, 11) is 0. The molecule has 0 unspecified atom stereocenters. The molecule has 0 bridgehead atoms. The number of hydrogen-bond donors (Lipinski definition) is 1. The minimum Gasteiger partial charge on any atom is -0.313 e. The minimum absolute atomic E-state index is 0.507. The minimum atomic E-state index is 0.507. The van der Waals surface area contributed by atoms with E-state index in [0.717, 1.165) is 24.2 Å². The highest BCUT2D eigenvalue weighted by atomic mass is 32.2. The van der Waals surface area contributed by atoms with Crippen LogP contribution in [0.2, 0.25) is 0 Å². The van der Waals surface area contributed by atoms with E-state index in [9.17, 15) is 0 Å². The van der Waals surface area contributed by atoms with E-state index < -0.39 is 0 Å². The predicted octanol–water partition coefficient (Wildman–Crippen LogP) is 2.34. The van der Waals surface area contributed by atoms with Crippen LogP contribution >= 0.6 is 11.8 Å². The summed E-state index contributed by atoms with van der Waals surface area (Å²) in [5.41, 5.74) is 0. The summed E-state index contributed by atoms with van der Waals surface area (Å²) in [5.74, 6) is 0.892. The fraction of sp³-hybridized carbons (Fsp3) is 0.923. The van der Waals surface area contributed by atoms with Crippen LogP contribution in [-0.2, 0) is 6.54 Å². The van der Waals surface area contributed by atoms with E-state index in [0.29, 0.717) is 11.3 Å². The van der Waals surface area contributed by atoms with Gasteiger partial charge in [0.25, 0.3) is 0 Å². The standard InChI is InChI=1S/C13H25N5S/c1-10(2)14-8-9-18-13(15-16-17-18)19-12-6-4-11(3)5-7-12/h10-12,14H,4-9H2,1-3H3. The van der Waals surface area contributed by atoms with Crippen molar-refractivity contribution in [3.8, 4) is 0 Å². The second-order valence-electron chi connectivity index (χ2n) is 5.79. The number of nitrogens with one attached hydrogen (secondary N) is 1. The zero-order valence-corrected chi connectivity index (χ0v) is 13.0. The summed E-state index contributed by atoms with van der Waals surface area (Å²) < 4.78 is 1.93. The summed E-state index contributed by atoms with van der Waals surface area (Å²) in [4.78, 5) is 0. The van der Waals surface area contributed by atoms with Gasteiger partial charge in [-0.3, -0.25) is 0 Å². The van der Waals surface area contributed by atoms with Crippen LogP contribution in [0.5, 0.6) is 0 Å². The Labute approximate surface area is 119 Å². The SMILES string of the molecule is CC1CCC(Sc2nnnn2CCNC(C)C)CC1. The molecule has 6 heteroatoms. The number of aromatic nitrogens is 4. The second kappa shape index (κ2) is 7.24. The largest absolute Gasteiger partial charge is 0.313 e. The molecule has 1 aliphatic carbocycles. The Bertz CT molecular complexity index is 371. The summed E-state index contributed by atoms with van der Waals surface area (Å²) >= 11 is 1.86. The number of thioether (sulfide) groups is 1. The molecule has 0 saturated heterocycles. The molecule has 1 aromatic heterocycles. The lowest BCUT2D eigenvalue weighted by molar-refractivity contribution is 0.392. The van der Waals surface area contributed by atoms with E-state index in [4.69, 9.17) is 0 Å². The molecular formula is C13H25N5S. The normalized spacial score (nSPS) is 24.0. The van der Waals surface area contributed by atoms with Gasteiger partial charge in [-0.05, 0) is 42.0 Å². The van der Waals surface area contributed by atoms with Gasteiger partial charge in [-0.2, -0.15) is 0 Å². The van der Waals surface area contributed by atoms with Gasteiger partial charge in [0.1, 0.15) is 0 Å². The predicted molar refractivity (Wildman–Crippen MR) is 78.2 cm³/mol. The van der Waals surface area contributed by atoms with E-state index in [1.807, 2.05) is 16.4 Å². The number of tetrazole rings is 1. The molecule has 0 amide bonds. The highest BCUT2D eigenvalue weighted by molar-refractivity contribution is 7.99. The van der Waals surface area contributed by atoms with Crippen molar-refractivity contribution in [1.82, 2.24) is 25.5 Å². The molecule has 5 nitrogen and oxygen atoms in total. The Balaban J connectivity index is 1.81. The van der Waals surface area contributed by atoms with Gasteiger partial charge in [0.15, 0.2) is 0 Å². The Kier molecular flexibility index (Phi) is 5.63. The van der Waals surface area contributed by atoms with Gasteiger partial charge in [-0.25, -0.2) is 4.68 Å². The van der Waals surface area contributed by atoms with Crippen molar-refractivity contribution in [3.63, 3.8) is 0 Å². The summed E-state index contributed by atoms with van der Waals surface area (Å²) in [5, 5.41) is 17.1. The first kappa shape index (κ1) is 14.8. The lowest BCUT2D eigenvalue weighted by atomic mass is 9.91. The third kappa shape index (κ3) is 4.76. The number of rotatable bonds is 6. The van der Waals surface area contributed by atoms with E-state index in [2.05, 4.69) is 41.6 Å². The molecule has 0 atom stereocenters. The molecule has 0 aromatic carbocycles. The molecule has 1 aromatic rings. The average Bonchev–Trinajstić information content (AvgIpc) is 2.79. The molecule has 1 saturated carbocycles. The molecule has 2 rings (SSSR count). The first-order valence-corrected chi connectivity index (χ1v) is 8.19. The van der Waals surface area contributed by atoms with Crippen molar-refractivity contribution in [2.45, 2.75) is 69.4 Å². The van der Waals surface area contributed by atoms with Crippen LogP contribution < -0.4 is 5.32 Å². The maximum Gasteiger partial charge on any atom is 0.209 e. The van der Waals surface area contributed by atoms with Crippen molar-refractivity contribution in [2.75, 3.05) is 6.54 Å². The summed E-state index contributed by atoms with van der Waals surface area (Å²) in [6.45, 7) is 8.41. The molecule has 0 aliphatic heterocycles. The zero-order chi connectivity index (χ0) is 13.7. The van der Waals surface area contributed by atoms with Crippen molar-refractivity contribution in [2.24, 2.45) is 5.92 Å². The quantitative estimate of drug-likeness (QED) is 0.868. The van der Waals surface area contributed by atoms with Gasteiger partial charge in [-0.15, -0.1) is 5.10 Å². The third-order valence-electron chi connectivity index (χ3n) is 3.61. The van der Waals surface area contributed by atoms with Crippen molar-refractivity contribution in [1.29, 1.82) is 0 Å². The number of nitrogens with zero attached hydrogens (tertiary/aromatic N) is 4. The lowest BCUT2D eigenvalue weighted by Crippen LogP contribution is -2.27. The average molecular weight is 283 g/mol. The second-order valence-corrected chi connectivity index (χ2v) is 7.06. The first-order valence-electron chi connectivity index (χ1n) is 7.31. The molecule has 1 N–H and O–H groups in total. The van der Waals surface area contributed by atoms with Crippen LogP contribution in [0.4, 0.5) is 0 Å². The van der Waals surface area contributed by atoms with Crippen LogP contribution in [0.3, 0.4) is 0 Å². The molecule has 0 spiro atoms. The maximum absolute atomic E-state index is 4.16. The van der Waals surface area contributed by atoms with E-state index in [1.165, 1.54) is 25.7 Å². The van der Waals surface area contributed by atoms with Crippen LogP contribution in [0, 0.1) is 5.92 Å². The smallest absolute Gasteiger partial charge is 0.209 e. The molecule has 19 heavy (non-hydrogen) atoms. The van der Waals surface area contributed by atoms with E-state index in [-0.39, 0.29) is 0 Å². The van der Waals surface area contributed by atoms with Crippen LogP contribution in [0.25, 0.3) is 0 Å². The Morgan fingerprint density at radius 1 is 1.32 bits per heavy atom. The molecular weight excluding hydrogens is 258 g/mol. The Morgan fingerprint density at radius 3 is 2.74 bits per heavy atom. The number of hydrogen-bond acceptors (Lipinski definition) is 5. The fourth-order valence-electron chi connectivity index (χ4n) is 2.38. The first-order chi connectivity index (χ1) is 9.15. The van der Waals surface area contributed by atoms with Crippen molar-refractivity contribution < 1.29 is 0 Å². The van der Waals surface area contributed by atoms with Gasteiger partial charge in [0, 0.05) is 17.8 Å². The highest BCUT2D eigenvalue weighted by Gasteiger charge is 2.21. The molecule has 108 valence electrons. The molecule has 1 heterocycles. The zero-order valence-electron chi connectivity index (χ0n) is 12.2. The van der Waals surface area contributed by atoms with Gasteiger partial charge >= 0.3 is 0 Å². The lowest BCUT2D eigenvalue weighted by Gasteiger charge is -2.24. The highest BCUT2D eigenvalue weighted by Crippen LogP contribution is 2.34. The van der Waals surface area contributed by atoms with E-state index in [1.54, 1.807) is 0 Å². The summed E-state index contributed by atoms with van der Waals surface area (Å²) in [6.07, 6.45) is 5.27. The Hall–Kier alpha value is -0.620. The topological polar surface area (TPSA) is 55.6 Å². The molecule has 1 fully saturated rings. The van der Waals surface area contributed by atoms with Gasteiger partial charge in [0.05, 0.1) is 6.54 Å². The summed E-state index contributed by atoms with van der Waals surface area (Å²) in [6, 6.07) is 0.507. The van der Waals surface area contributed by atoms with Gasteiger partial charge < -0.3 is 5.32 Å². The van der Waals surface area contributed by atoms with Gasteiger partial charge in [0.2, 0.25) is 5.16 Å². The van der Waals surface area contributed by atoms with Crippen molar-refractivity contribution >= 4 is 11.8 Å². The molecule has 1 aliphatic rings. The monoisotopic (exact) mass is 283 g/mol. The fourth-order valence-corrected chi connectivity index (χ4v) is 3.52. The Morgan fingerprint density at radius 2 is 2.05 bits per heavy atom. The van der Waals surface area contributed by atoms with Crippen LogP contribution in [-0.4, -0.2) is 38.0 Å². The maximum atomic E-state index is 4.16. The third-order valence-corrected chi connectivity index (χ3v) is 4.92.